The van der Waals surface area contributed by atoms with Crippen molar-refractivity contribution in [2.24, 2.45) is 0 Å². The molecular formula is C18H18O2. The van der Waals surface area contributed by atoms with Crippen LogP contribution >= 0.6 is 0 Å². The van der Waals surface area contributed by atoms with Crippen LogP contribution in [0.15, 0.2) is 42.5 Å². The summed E-state index contributed by atoms with van der Waals surface area (Å²) in [5.41, 5.74) is 5.22. The number of hydrogen-bond acceptors (Lipinski definition) is 1. The predicted octanol–water partition coefficient (Wildman–Crippen LogP) is 4.09. The van der Waals surface area contributed by atoms with E-state index >= 15 is 0 Å². The number of aryl methyl sites for hydroxylation is 2. The Kier molecular flexibility index (Phi) is 2.89. The minimum Gasteiger partial charge on any atom is -0.481 e. The average Bonchev–Trinajstić information content (AvgIpc) is 3.21. The van der Waals surface area contributed by atoms with Crippen molar-refractivity contribution >= 4 is 5.97 Å². The maximum atomic E-state index is 11.3. The fraction of sp³-hybridized carbons (Fsp3) is 0.278. The van der Waals surface area contributed by atoms with Gasteiger partial charge in [0.1, 0.15) is 0 Å². The van der Waals surface area contributed by atoms with Gasteiger partial charge in [0, 0.05) is 0 Å². The molecule has 0 aliphatic heterocycles. The first kappa shape index (κ1) is 12.9. The van der Waals surface area contributed by atoms with Gasteiger partial charge in [0.25, 0.3) is 0 Å². The third-order valence-electron chi connectivity index (χ3n) is 4.37. The van der Waals surface area contributed by atoms with E-state index in [-0.39, 0.29) is 0 Å². The van der Waals surface area contributed by atoms with Crippen LogP contribution in [0.5, 0.6) is 0 Å². The molecule has 1 fully saturated rings. The van der Waals surface area contributed by atoms with Crippen LogP contribution in [0, 0.1) is 13.8 Å². The quantitative estimate of drug-likeness (QED) is 0.908. The highest BCUT2D eigenvalue weighted by atomic mass is 16.4. The Bertz CT molecular complexity index is 644. The Hall–Kier alpha value is -2.09. The van der Waals surface area contributed by atoms with E-state index < -0.39 is 11.4 Å². The van der Waals surface area contributed by atoms with Gasteiger partial charge in [0.15, 0.2) is 0 Å². The summed E-state index contributed by atoms with van der Waals surface area (Å²) >= 11 is 0. The smallest absolute Gasteiger partial charge is 0.314 e. The molecule has 1 N–H and O–H groups in total. The molecule has 2 nitrogen and oxygen atoms in total. The molecule has 2 aromatic carbocycles. The van der Waals surface area contributed by atoms with Crippen LogP contribution in [0.2, 0.25) is 0 Å². The van der Waals surface area contributed by atoms with Gasteiger partial charge in [-0.2, -0.15) is 0 Å². The molecule has 102 valence electrons. The summed E-state index contributed by atoms with van der Waals surface area (Å²) in [6, 6.07) is 14.3. The van der Waals surface area contributed by atoms with Crippen molar-refractivity contribution in [3.63, 3.8) is 0 Å². The monoisotopic (exact) mass is 266 g/mol. The van der Waals surface area contributed by atoms with E-state index in [9.17, 15) is 9.90 Å². The molecule has 3 rings (SSSR count). The van der Waals surface area contributed by atoms with E-state index in [2.05, 4.69) is 32.0 Å². The second-order valence-corrected chi connectivity index (χ2v) is 5.73. The zero-order chi connectivity index (χ0) is 14.3. The molecule has 0 bridgehead atoms. The zero-order valence-electron chi connectivity index (χ0n) is 11.8. The van der Waals surface area contributed by atoms with E-state index in [1.807, 2.05) is 24.3 Å². The standard InChI is InChI=1S/C18H18O2/c1-12-4-3-5-13(2)16(12)14-6-8-15(9-7-14)18(10-11-18)17(19)20/h3-9H,10-11H2,1-2H3,(H,19,20). The third-order valence-corrected chi connectivity index (χ3v) is 4.37. The summed E-state index contributed by atoms with van der Waals surface area (Å²) in [4.78, 5) is 11.3. The second-order valence-electron chi connectivity index (χ2n) is 5.73. The lowest BCUT2D eigenvalue weighted by atomic mass is 9.91. The molecule has 2 heteroatoms. The predicted molar refractivity (Wildman–Crippen MR) is 79.9 cm³/mol. The van der Waals surface area contributed by atoms with Crippen molar-refractivity contribution in [3.05, 3.63) is 59.2 Å². The number of aliphatic carboxylic acids is 1. The van der Waals surface area contributed by atoms with Crippen molar-refractivity contribution in [2.75, 3.05) is 0 Å². The first-order valence-corrected chi connectivity index (χ1v) is 6.95. The van der Waals surface area contributed by atoms with Gasteiger partial charge in [0.2, 0.25) is 0 Å². The lowest BCUT2D eigenvalue weighted by molar-refractivity contribution is -0.140. The van der Waals surface area contributed by atoms with Gasteiger partial charge in [-0.05, 0) is 54.5 Å². The summed E-state index contributed by atoms with van der Waals surface area (Å²) in [6.07, 6.45) is 1.51. The maximum Gasteiger partial charge on any atom is 0.314 e. The summed E-state index contributed by atoms with van der Waals surface area (Å²) in [7, 11) is 0. The lowest BCUT2D eigenvalue weighted by Gasteiger charge is -2.13. The third kappa shape index (κ3) is 1.92. The molecule has 0 unspecified atom stereocenters. The number of carbonyl (C=O) groups is 1. The van der Waals surface area contributed by atoms with Crippen molar-refractivity contribution in [1.82, 2.24) is 0 Å². The zero-order valence-corrected chi connectivity index (χ0v) is 11.8. The Labute approximate surface area is 119 Å². The largest absolute Gasteiger partial charge is 0.481 e. The molecule has 1 saturated carbocycles. The molecule has 2 aromatic rings. The highest BCUT2D eigenvalue weighted by molar-refractivity contribution is 5.85. The van der Waals surface area contributed by atoms with Crippen molar-refractivity contribution in [3.8, 4) is 11.1 Å². The van der Waals surface area contributed by atoms with Crippen LogP contribution in [0.25, 0.3) is 11.1 Å². The molecule has 0 amide bonds. The van der Waals surface area contributed by atoms with E-state index in [0.717, 1.165) is 24.0 Å². The van der Waals surface area contributed by atoms with Gasteiger partial charge in [-0.25, -0.2) is 0 Å². The van der Waals surface area contributed by atoms with E-state index in [0.29, 0.717) is 0 Å². The fourth-order valence-electron chi connectivity index (χ4n) is 2.98. The molecule has 0 atom stereocenters. The van der Waals surface area contributed by atoms with Crippen molar-refractivity contribution in [2.45, 2.75) is 32.1 Å². The van der Waals surface area contributed by atoms with Crippen molar-refractivity contribution in [1.29, 1.82) is 0 Å². The van der Waals surface area contributed by atoms with Crippen LogP contribution in [-0.2, 0) is 10.2 Å². The normalized spacial score (nSPS) is 15.9. The van der Waals surface area contributed by atoms with Gasteiger partial charge in [-0.15, -0.1) is 0 Å². The van der Waals surface area contributed by atoms with Gasteiger partial charge >= 0.3 is 5.97 Å². The molecule has 0 saturated heterocycles. The topological polar surface area (TPSA) is 37.3 Å². The fourth-order valence-corrected chi connectivity index (χ4v) is 2.98. The van der Waals surface area contributed by atoms with Crippen molar-refractivity contribution < 1.29 is 9.90 Å². The molecule has 0 radical (unpaired) electrons. The van der Waals surface area contributed by atoms with Crippen LogP contribution in [0.3, 0.4) is 0 Å². The highest BCUT2D eigenvalue weighted by Crippen LogP contribution is 2.48. The molecule has 1 aliphatic rings. The van der Waals surface area contributed by atoms with E-state index in [4.69, 9.17) is 0 Å². The van der Waals surface area contributed by atoms with Gasteiger partial charge in [-0.1, -0.05) is 42.5 Å². The molecule has 0 spiro atoms. The molecular weight excluding hydrogens is 248 g/mol. The van der Waals surface area contributed by atoms with Crippen LogP contribution < -0.4 is 0 Å². The Morgan fingerprint density at radius 1 is 1.00 bits per heavy atom. The van der Waals surface area contributed by atoms with Crippen LogP contribution in [-0.4, -0.2) is 11.1 Å². The first-order valence-electron chi connectivity index (χ1n) is 6.95. The van der Waals surface area contributed by atoms with Crippen LogP contribution in [0.4, 0.5) is 0 Å². The number of rotatable bonds is 3. The lowest BCUT2D eigenvalue weighted by Crippen LogP contribution is -2.19. The number of benzene rings is 2. The Morgan fingerprint density at radius 2 is 1.55 bits per heavy atom. The maximum absolute atomic E-state index is 11.3. The summed E-state index contributed by atoms with van der Waals surface area (Å²) in [5.74, 6) is -0.697. The minimum atomic E-state index is -0.697. The highest BCUT2D eigenvalue weighted by Gasteiger charge is 2.51. The number of hydrogen-bond donors (Lipinski definition) is 1. The summed E-state index contributed by atoms with van der Waals surface area (Å²) < 4.78 is 0. The summed E-state index contributed by atoms with van der Waals surface area (Å²) in [5, 5.41) is 9.33. The van der Waals surface area contributed by atoms with Crippen LogP contribution in [0.1, 0.15) is 29.5 Å². The molecule has 1 aliphatic carbocycles. The van der Waals surface area contributed by atoms with Gasteiger partial charge in [-0.3, -0.25) is 4.79 Å². The Balaban J connectivity index is 2.01. The molecule has 20 heavy (non-hydrogen) atoms. The summed E-state index contributed by atoms with van der Waals surface area (Å²) in [6.45, 7) is 4.21. The average molecular weight is 266 g/mol. The minimum absolute atomic E-state index is 0.612. The molecule has 0 heterocycles. The van der Waals surface area contributed by atoms with E-state index in [1.54, 1.807) is 0 Å². The van der Waals surface area contributed by atoms with E-state index in [1.165, 1.54) is 16.7 Å². The molecule has 0 aromatic heterocycles. The number of carboxylic acid groups (broad SMARTS) is 1. The van der Waals surface area contributed by atoms with Gasteiger partial charge < -0.3 is 5.11 Å². The Morgan fingerprint density at radius 3 is 2.00 bits per heavy atom. The second kappa shape index (κ2) is 4.48. The SMILES string of the molecule is Cc1cccc(C)c1-c1ccc(C2(C(=O)O)CC2)cc1. The first-order chi connectivity index (χ1) is 9.54. The number of carboxylic acids is 1. The van der Waals surface area contributed by atoms with Gasteiger partial charge in [0.05, 0.1) is 5.41 Å².